The molecule has 0 aliphatic carbocycles. The summed E-state index contributed by atoms with van der Waals surface area (Å²) in [4.78, 5) is 16.3. The minimum atomic E-state index is -0.330. The lowest BCUT2D eigenvalue weighted by molar-refractivity contribution is -0.134. The van der Waals surface area contributed by atoms with Gasteiger partial charge >= 0.3 is 0 Å². The van der Waals surface area contributed by atoms with E-state index in [0.29, 0.717) is 18.5 Å². The van der Waals surface area contributed by atoms with Crippen LogP contribution in [0.4, 0.5) is 0 Å². The predicted octanol–water partition coefficient (Wildman–Crippen LogP) is 1.05. The lowest BCUT2D eigenvalue weighted by atomic mass is 10.0. The molecule has 0 bridgehead atoms. The van der Waals surface area contributed by atoms with E-state index in [9.17, 15) is 4.79 Å². The Hall–Kier alpha value is -0.610. The van der Waals surface area contributed by atoms with Gasteiger partial charge in [0, 0.05) is 32.2 Å². The molecule has 0 saturated carbocycles. The molecule has 0 aromatic carbocycles. The lowest BCUT2D eigenvalue weighted by Crippen LogP contribution is -2.51. The van der Waals surface area contributed by atoms with E-state index in [4.69, 9.17) is 5.73 Å². The number of hydrogen-bond acceptors (Lipinski definition) is 3. The first kappa shape index (κ1) is 14.5. The van der Waals surface area contributed by atoms with Gasteiger partial charge in [0.05, 0.1) is 6.04 Å². The Morgan fingerprint density at radius 1 is 1.41 bits per heavy atom. The zero-order valence-electron chi connectivity index (χ0n) is 11.6. The SMILES string of the molecule is CCC(N)C(=O)N(C)C1CCN(C(C)C)CC1. The summed E-state index contributed by atoms with van der Waals surface area (Å²) in [5.41, 5.74) is 5.80. The first-order valence-corrected chi connectivity index (χ1v) is 6.73. The van der Waals surface area contributed by atoms with Crippen molar-refractivity contribution in [1.29, 1.82) is 0 Å². The number of nitrogens with zero attached hydrogens (tertiary/aromatic N) is 2. The standard InChI is InChI=1S/C13H27N3O/c1-5-12(14)13(17)15(4)11-6-8-16(9-7-11)10(2)3/h10-12H,5-9,14H2,1-4H3. The van der Waals surface area contributed by atoms with E-state index < -0.39 is 0 Å². The van der Waals surface area contributed by atoms with Crippen LogP contribution in [-0.2, 0) is 4.79 Å². The molecule has 1 aliphatic heterocycles. The first-order valence-electron chi connectivity index (χ1n) is 6.73. The molecular formula is C13H27N3O. The monoisotopic (exact) mass is 241 g/mol. The number of nitrogens with two attached hydrogens (primary N) is 1. The van der Waals surface area contributed by atoms with E-state index in [1.807, 2.05) is 18.9 Å². The summed E-state index contributed by atoms with van der Waals surface area (Å²) in [5.74, 6) is 0.0931. The van der Waals surface area contributed by atoms with Gasteiger partial charge in [-0.15, -0.1) is 0 Å². The Balaban J connectivity index is 2.45. The second-order valence-corrected chi connectivity index (χ2v) is 5.32. The minimum Gasteiger partial charge on any atom is -0.341 e. The molecule has 4 heteroatoms. The lowest BCUT2D eigenvalue weighted by Gasteiger charge is -2.39. The molecule has 1 fully saturated rings. The van der Waals surface area contributed by atoms with Crippen LogP contribution in [0.15, 0.2) is 0 Å². The summed E-state index contributed by atoms with van der Waals surface area (Å²) in [6.07, 6.45) is 2.85. The zero-order valence-corrected chi connectivity index (χ0v) is 11.6. The molecule has 4 nitrogen and oxygen atoms in total. The Morgan fingerprint density at radius 3 is 2.35 bits per heavy atom. The van der Waals surface area contributed by atoms with Crippen molar-refractivity contribution in [2.75, 3.05) is 20.1 Å². The van der Waals surface area contributed by atoms with Crippen LogP contribution in [0.1, 0.15) is 40.0 Å². The van der Waals surface area contributed by atoms with E-state index >= 15 is 0 Å². The van der Waals surface area contributed by atoms with Crippen LogP contribution in [-0.4, -0.2) is 54.0 Å². The van der Waals surface area contributed by atoms with Crippen LogP contribution in [0.5, 0.6) is 0 Å². The average molecular weight is 241 g/mol. The molecule has 17 heavy (non-hydrogen) atoms. The average Bonchev–Trinajstić information content (AvgIpc) is 2.36. The van der Waals surface area contributed by atoms with Gasteiger partial charge in [-0.2, -0.15) is 0 Å². The molecule has 1 aliphatic rings. The Bertz CT molecular complexity index is 247. The van der Waals surface area contributed by atoms with E-state index in [2.05, 4.69) is 18.7 Å². The second kappa shape index (κ2) is 6.36. The molecule has 1 unspecified atom stereocenters. The van der Waals surface area contributed by atoms with E-state index in [0.717, 1.165) is 25.9 Å². The molecule has 0 spiro atoms. The zero-order chi connectivity index (χ0) is 13.0. The highest BCUT2D eigenvalue weighted by Crippen LogP contribution is 2.17. The summed E-state index contributed by atoms with van der Waals surface area (Å²) < 4.78 is 0. The van der Waals surface area contributed by atoms with Gasteiger partial charge in [-0.1, -0.05) is 6.92 Å². The molecule has 1 atom stereocenters. The van der Waals surface area contributed by atoms with Gasteiger partial charge in [0.2, 0.25) is 5.91 Å². The molecule has 1 saturated heterocycles. The third-order valence-electron chi connectivity index (χ3n) is 3.88. The molecule has 0 radical (unpaired) electrons. The summed E-state index contributed by atoms with van der Waals surface area (Å²) in [6, 6.07) is 0.646. The van der Waals surface area contributed by atoms with Crippen molar-refractivity contribution in [3.63, 3.8) is 0 Å². The number of amides is 1. The van der Waals surface area contributed by atoms with Crippen LogP contribution in [0, 0.1) is 0 Å². The predicted molar refractivity (Wildman–Crippen MR) is 70.8 cm³/mol. The normalized spacial score (nSPS) is 20.6. The number of piperidine rings is 1. The van der Waals surface area contributed by atoms with E-state index in [1.54, 1.807) is 0 Å². The Morgan fingerprint density at radius 2 is 1.94 bits per heavy atom. The number of hydrogen-bond donors (Lipinski definition) is 1. The van der Waals surface area contributed by atoms with Gasteiger partial charge in [0.25, 0.3) is 0 Å². The third-order valence-corrected chi connectivity index (χ3v) is 3.88. The molecule has 1 amide bonds. The van der Waals surface area contributed by atoms with Gasteiger partial charge < -0.3 is 15.5 Å². The minimum absolute atomic E-state index is 0.0931. The molecule has 100 valence electrons. The highest BCUT2D eigenvalue weighted by Gasteiger charge is 2.27. The maximum Gasteiger partial charge on any atom is 0.239 e. The number of carbonyl (C=O) groups excluding carboxylic acids is 1. The molecule has 0 aromatic heterocycles. The van der Waals surface area contributed by atoms with Crippen molar-refractivity contribution < 1.29 is 4.79 Å². The van der Waals surface area contributed by atoms with Crippen molar-refractivity contribution in [3.05, 3.63) is 0 Å². The van der Waals surface area contributed by atoms with Crippen LogP contribution in [0.3, 0.4) is 0 Å². The second-order valence-electron chi connectivity index (χ2n) is 5.32. The van der Waals surface area contributed by atoms with Gasteiger partial charge in [0.1, 0.15) is 0 Å². The van der Waals surface area contributed by atoms with Crippen molar-refractivity contribution in [2.45, 2.75) is 58.2 Å². The summed E-state index contributed by atoms with van der Waals surface area (Å²) in [5, 5.41) is 0. The number of carbonyl (C=O) groups is 1. The number of rotatable bonds is 4. The van der Waals surface area contributed by atoms with E-state index in [-0.39, 0.29) is 11.9 Å². The van der Waals surface area contributed by atoms with Crippen molar-refractivity contribution in [3.8, 4) is 0 Å². The molecule has 1 heterocycles. The smallest absolute Gasteiger partial charge is 0.239 e. The van der Waals surface area contributed by atoms with Crippen LogP contribution in [0.2, 0.25) is 0 Å². The molecule has 1 rings (SSSR count). The fourth-order valence-corrected chi connectivity index (χ4v) is 2.41. The van der Waals surface area contributed by atoms with Crippen LogP contribution >= 0.6 is 0 Å². The van der Waals surface area contributed by atoms with Gasteiger partial charge in [-0.25, -0.2) is 0 Å². The first-order chi connectivity index (χ1) is 7.97. The molecule has 0 aromatic rings. The van der Waals surface area contributed by atoms with Crippen LogP contribution in [0.25, 0.3) is 0 Å². The summed E-state index contributed by atoms with van der Waals surface area (Å²) in [7, 11) is 1.90. The fourth-order valence-electron chi connectivity index (χ4n) is 2.41. The van der Waals surface area contributed by atoms with Crippen molar-refractivity contribution in [1.82, 2.24) is 9.80 Å². The third kappa shape index (κ3) is 3.68. The topological polar surface area (TPSA) is 49.6 Å². The maximum atomic E-state index is 12.0. The quantitative estimate of drug-likeness (QED) is 0.800. The van der Waals surface area contributed by atoms with Gasteiger partial charge in [0.15, 0.2) is 0 Å². The van der Waals surface area contributed by atoms with Crippen LogP contribution < -0.4 is 5.73 Å². The van der Waals surface area contributed by atoms with E-state index in [1.165, 1.54) is 0 Å². The Kier molecular flexibility index (Phi) is 5.40. The summed E-state index contributed by atoms with van der Waals surface area (Å²) >= 11 is 0. The maximum absolute atomic E-state index is 12.0. The van der Waals surface area contributed by atoms with Crippen molar-refractivity contribution >= 4 is 5.91 Å². The Labute approximate surface area is 105 Å². The summed E-state index contributed by atoms with van der Waals surface area (Å²) in [6.45, 7) is 8.57. The number of likely N-dealkylation sites (tertiary alicyclic amines) is 1. The van der Waals surface area contributed by atoms with Gasteiger partial charge in [-0.3, -0.25) is 4.79 Å². The number of likely N-dealkylation sites (N-methyl/N-ethyl adjacent to an activating group) is 1. The highest BCUT2D eigenvalue weighted by molar-refractivity contribution is 5.81. The van der Waals surface area contributed by atoms with Crippen molar-refractivity contribution in [2.24, 2.45) is 5.73 Å². The highest BCUT2D eigenvalue weighted by atomic mass is 16.2. The molecular weight excluding hydrogens is 214 g/mol. The fraction of sp³-hybridized carbons (Fsp3) is 0.923. The molecule has 2 N–H and O–H groups in total. The van der Waals surface area contributed by atoms with Gasteiger partial charge in [-0.05, 0) is 33.1 Å². The largest absolute Gasteiger partial charge is 0.341 e.